The minimum Gasteiger partial charge on any atom is -0.496 e. The predicted molar refractivity (Wildman–Crippen MR) is 104 cm³/mol. The van der Waals surface area contributed by atoms with E-state index in [9.17, 15) is 4.79 Å². The number of carbonyl (C=O) groups is 1. The number of halogens is 1. The van der Waals surface area contributed by atoms with Crippen molar-refractivity contribution >= 4 is 29.3 Å². The minimum absolute atomic E-state index is 0.140. The molecule has 0 spiro atoms. The highest BCUT2D eigenvalue weighted by molar-refractivity contribution is 7.99. The van der Waals surface area contributed by atoms with Gasteiger partial charge in [-0.1, -0.05) is 23.4 Å². The van der Waals surface area contributed by atoms with E-state index >= 15 is 0 Å². The SMILES string of the molecule is COc1ccc(Cl)cc1-c1nc(SCC(=O)N2[C@H](C)CCC[C@@H]2C)n[nH]1. The molecule has 8 heteroatoms. The van der Waals surface area contributed by atoms with Crippen LogP contribution in [0.15, 0.2) is 23.4 Å². The van der Waals surface area contributed by atoms with Crippen LogP contribution in [-0.4, -0.2) is 50.9 Å². The lowest BCUT2D eigenvalue weighted by Gasteiger charge is -2.39. The average molecular weight is 395 g/mol. The van der Waals surface area contributed by atoms with Crippen molar-refractivity contribution in [2.24, 2.45) is 0 Å². The van der Waals surface area contributed by atoms with E-state index in [1.165, 1.54) is 18.2 Å². The Labute approximate surface area is 162 Å². The van der Waals surface area contributed by atoms with E-state index in [0.29, 0.717) is 39.6 Å². The van der Waals surface area contributed by atoms with E-state index in [0.717, 1.165) is 18.4 Å². The lowest BCUT2D eigenvalue weighted by Crippen LogP contribution is -2.48. The highest BCUT2D eigenvalue weighted by Gasteiger charge is 2.28. The molecule has 1 aliphatic rings. The van der Waals surface area contributed by atoms with E-state index in [4.69, 9.17) is 16.3 Å². The van der Waals surface area contributed by atoms with Crippen molar-refractivity contribution < 1.29 is 9.53 Å². The number of aromatic amines is 1. The average Bonchev–Trinajstić information content (AvgIpc) is 3.08. The van der Waals surface area contributed by atoms with Gasteiger partial charge in [0.2, 0.25) is 11.1 Å². The van der Waals surface area contributed by atoms with Gasteiger partial charge in [0.1, 0.15) is 5.75 Å². The monoisotopic (exact) mass is 394 g/mol. The largest absolute Gasteiger partial charge is 0.496 e. The summed E-state index contributed by atoms with van der Waals surface area (Å²) in [5, 5.41) is 8.24. The summed E-state index contributed by atoms with van der Waals surface area (Å²) >= 11 is 7.41. The van der Waals surface area contributed by atoms with Crippen LogP contribution in [0.25, 0.3) is 11.4 Å². The summed E-state index contributed by atoms with van der Waals surface area (Å²) in [5.74, 6) is 1.70. The number of hydrogen-bond donors (Lipinski definition) is 1. The number of nitrogens with zero attached hydrogens (tertiary/aromatic N) is 3. The van der Waals surface area contributed by atoms with Gasteiger partial charge in [-0.3, -0.25) is 9.89 Å². The number of piperidine rings is 1. The Bertz CT molecular complexity index is 772. The number of methoxy groups -OCH3 is 1. The van der Waals surface area contributed by atoms with E-state index < -0.39 is 0 Å². The topological polar surface area (TPSA) is 71.1 Å². The van der Waals surface area contributed by atoms with Gasteiger partial charge < -0.3 is 9.64 Å². The minimum atomic E-state index is 0.140. The highest BCUT2D eigenvalue weighted by atomic mass is 35.5. The van der Waals surface area contributed by atoms with Crippen molar-refractivity contribution in [3.8, 4) is 17.1 Å². The molecule has 0 saturated carbocycles. The molecule has 2 atom stereocenters. The summed E-state index contributed by atoms with van der Waals surface area (Å²) in [6, 6.07) is 5.92. The van der Waals surface area contributed by atoms with Gasteiger partial charge in [-0.15, -0.1) is 5.10 Å². The van der Waals surface area contributed by atoms with E-state index in [1.54, 1.807) is 25.3 Å². The van der Waals surface area contributed by atoms with Crippen LogP contribution in [0.4, 0.5) is 0 Å². The molecule has 1 saturated heterocycles. The van der Waals surface area contributed by atoms with Crippen LogP contribution in [0, 0.1) is 0 Å². The number of likely N-dealkylation sites (tertiary alicyclic amines) is 1. The molecule has 1 amide bonds. The van der Waals surface area contributed by atoms with Gasteiger partial charge in [0.25, 0.3) is 0 Å². The van der Waals surface area contributed by atoms with Gasteiger partial charge in [0.15, 0.2) is 5.82 Å². The maximum atomic E-state index is 12.6. The molecule has 1 aromatic carbocycles. The fourth-order valence-corrected chi connectivity index (χ4v) is 4.25. The van der Waals surface area contributed by atoms with E-state index in [1.807, 2.05) is 4.90 Å². The zero-order chi connectivity index (χ0) is 18.7. The molecule has 1 fully saturated rings. The molecule has 140 valence electrons. The molecule has 0 unspecified atom stereocenters. The summed E-state index contributed by atoms with van der Waals surface area (Å²) in [7, 11) is 1.60. The van der Waals surface area contributed by atoms with Crippen LogP contribution in [-0.2, 0) is 4.79 Å². The van der Waals surface area contributed by atoms with Gasteiger partial charge in [-0.05, 0) is 51.3 Å². The van der Waals surface area contributed by atoms with Gasteiger partial charge in [-0.2, -0.15) is 0 Å². The number of hydrogen-bond acceptors (Lipinski definition) is 5. The maximum absolute atomic E-state index is 12.6. The second-order valence-corrected chi connectivity index (χ2v) is 7.91. The Morgan fingerprint density at radius 3 is 2.81 bits per heavy atom. The number of aromatic nitrogens is 3. The van der Waals surface area contributed by atoms with Crippen LogP contribution in [0.1, 0.15) is 33.1 Å². The van der Waals surface area contributed by atoms with Crippen LogP contribution >= 0.6 is 23.4 Å². The Hall–Kier alpha value is -1.73. The molecular weight excluding hydrogens is 372 g/mol. The third-order valence-corrected chi connectivity index (χ3v) is 5.75. The van der Waals surface area contributed by atoms with Crippen LogP contribution in [0.2, 0.25) is 5.02 Å². The molecule has 2 aromatic rings. The zero-order valence-corrected chi connectivity index (χ0v) is 16.7. The Morgan fingerprint density at radius 1 is 1.38 bits per heavy atom. The van der Waals surface area contributed by atoms with Gasteiger partial charge in [0.05, 0.1) is 18.4 Å². The number of thioether (sulfide) groups is 1. The molecule has 3 rings (SSSR count). The van der Waals surface area contributed by atoms with Gasteiger partial charge >= 0.3 is 0 Å². The normalized spacial score (nSPS) is 20.2. The molecule has 2 heterocycles. The van der Waals surface area contributed by atoms with Gasteiger partial charge in [0, 0.05) is 17.1 Å². The lowest BCUT2D eigenvalue weighted by atomic mass is 9.98. The second kappa shape index (κ2) is 8.31. The number of amides is 1. The Balaban J connectivity index is 1.67. The number of carbonyl (C=O) groups excluding carboxylic acids is 1. The molecule has 1 aromatic heterocycles. The number of nitrogens with one attached hydrogen (secondary N) is 1. The third kappa shape index (κ3) is 4.15. The van der Waals surface area contributed by atoms with Crippen molar-refractivity contribution in [2.45, 2.75) is 50.4 Å². The third-order valence-electron chi connectivity index (χ3n) is 4.69. The number of rotatable bonds is 5. The van der Waals surface area contributed by atoms with Crippen molar-refractivity contribution in [1.82, 2.24) is 20.1 Å². The number of benzene rings is 1. The molecule has 6 nitrogen and oxygen atoms in total. The predicted octanol–water partition coefficient (Wildman–Crippen LogP) is 4.02. The summed E-state index contributed by atoms with van der Waals surface area (Å²) in [6.07, 6.45) is 3.32. The summed E-state index contributed by atoms with van der Waals surface area (Å²) in [5.41, 5.74) is 0.740. The smallest absolute Gasteiger partial charge is 0.233 e. The first-order valence-electron chi connectivity index (χ1n) is 8.70. The fourth-order valence-electron chi connectivity index (χ4n) is 3.41. The summed E-state index contributed by atoms with van der Waals surface area (Å²) in [6.45, 7) is 4.24. The first-order valence-corrected chi connectivity index (χ1v) is 10.1. The summed E-state index contributed by atoms with van der Waals surface area (Å²) in [4.78, 5) is 19.1. The van der Waals surface area contributed by atoms with E-state index in [2.05, 4.69) is 29.0 Å². The van der Waals surface area contributed by atoms with Crippen molar-refractivity contribution in [3.63, 3.8) is 0 Å². The quantitative estimate of drug-likeness (QED) is 0.775. The first-order chi connectivity index (χ1) is 12.5. The number of ether oxygens (including phenoxy) is 1. The Kier molecular flexibility index (Phi) is 6.09. The van der Waals surface area contributed by atoms with Crippen molar-refractivity contribution in [3.05, 3.63) is 23.2 Å². The number of H-pyrrole nitrogens is 1. The maximum Gasteiger partial charge on any atom is 0.233 e. The molecule has 1 aliphatic heterocycles. The van der Waals surface area contributed by atoms with Crippen molar-refractivity contribution in [2.75, 3.05) is 12.9 Å². The first kappa shape index (κ1) is 19.0. The molecular formula is C18H23ClN4O2S. The molecule has 0 aliphatic carbocycles. The van der Waals surface area contributed by atoms with Crippen LogP contribution in [0.5, 0.6) is 5.75 Å². The zero-order valence-electron chi connectivity index (χ0n) is 15.2. The van der Waals surface area contributed by atoms with Crippen LogP contribution in [0.3, 0.4) is 0 Å². The molecule has 0 bridgehead atoms. The van der Waals surface area contributed by atoms with Crippen LogP contribution < -0.4 is 4.74 Å². The second-order valence-electron chi connectivity index (χ2n) is 6.53. The summed E-state index contributed by atoms with van der Waals surface area (Å²) < 4.78 is 5.35. The van der Waals surface area contributed by atoms with Crippen molar-refractivity contribution in [1.29, 1.82) is 0 Å². The Morgan fingerprint density at radius 2 is 2.12 bits per heavy atom. The lowest BCUT2D eigenvalue weighted by molar-refractivity contribution is -0.134. The molecule has 26 heavy (non-hydrogen) atoms. The molecule has 0 radical (unpaired) electrons. The van der Waals surface area contributed by atoms with Gasteiger partial charge in [-0.25, -0.2) is 4.98 Å². The standard InChI is InChI=1S/C18H23ClN4O2S/c1-11-5-4-6-12(2)23(11)16(24)10-26-18-20-17(21-22-18)14-9-13(19)7-8-15(14)25-3/h7-9,11-12H,4-6,10H2,1-3H3,(H,20,21,22)/t11-,12+. The molecule has 1 N–H and O–H groups in total. The highest BCUT2D eigenvalue weighted by Crippen LogP contribution is 2.31. The van der Waals surface area contributed by atoms with E-state index in [-0.39, 0.29) is 5.91 Å². The fraction of sp³-hybridized carbons (Fsp3) is 0.500.